The van der Waals surface area contributed by atoms with Gasteiger partial charge >= 0.3 is 5.91 Å². The number of rotatable bonds is 8. The summed E-state index contributed by atoms with van der Waals surface area (Å²) in [6.45, 7) is 4.03. The summed E-state index contributed by atoms with van der Waals surface area (Å²) >= 11 is 0. The Morgan fingerprint density at radius 1 is 1.15 bits per heavy atom. The highest BCUT2D eigenvalue weighted by Crippen LogP contribution is 2.26. The molecule has 0 aromatic carbocycles. The predicted octanol–water partition coefficient (Wildman–Crippen LogP) is 4.42. The van der Waals surface area contributed by atoms with Gasteiger partial charge in [0.1, 0.15) is 5.82 Å². The zero-order valence-corrected chi connectivity index (χ0v) is 19.4. The van der Waals surface area contributed by atoms with Gasteiger partial charge in [0.15, 0.2) is 12.1 Å². The molecular formula is C25H37FN4O3. The van der Waals surface area contributed by atoms with E-state index >= 15 is 0 Å². The number of piperidine rings is 1. The number of nitrogens with zero attached hydrogens (tertiary/aromatic N) is 2. The van der Waals surface area contributed by atoms with Crippen molar-refractivity contribution in [3.8, 4) is 0 Å². The molecule has 1 amide bonds. The molecule has 0 spiro atoms. The first-order valence-electron chi connectivity index (χ1n) is 12.6. The summed E-state index contributed by atoms with van der Waals surface area (Å²) in [5.74, 6) is -0.223. The Bertz CT molecular complexity index is 776. The van der Waals surface area contributed by atoms with Gasteiger partial charge in [-0.25, -0.2) is 19.7 Å². The lowest BCUT2D eigenvalue weighted by atomic mass is 9.88. The zero-order chi connectivity index (χ0) is 22.9. The number of nitrogens with one attached hydrogen (secondary N) is 2. The topological polar surface area (TPSA) is 75.7 Å². The molecule has 0 radical (unpaired) electrons. The highest BCUT2D eigenvalue weighted by Gasteiger charge is 2.23. The van der Waals surface area contributed by atoms with Crippen LogP contribution in [0.3, 0.4) is 0 Å². The van der Waals surface area contributed by atoms with Gasteiger partial charge in [0.05, 0.1) is 0 Å². The maximum atomic E-state index is 14.2. The number of anilines is 1. The predicted molar refractivity (Wildman–Crippen MR) is 126 cm³/mol. The maximum Gasteiger partial charge on any atom is 0.303 e. The number of ether oxygens (including phenoxy) is 1. The van der Waals surface area contributed by atoms with E-state index in [4.69, 9.17) is 9.57 Å². The highest BCUT2D eigenvalue weighted by molar-refractivity contribution is 5.94. The van der Waals surface area contributed by atoms with Gasteiger partial charge in [0.25, 0.3) is 0 Å². The minimum atomic E-state index is -0.932. The van der Waals surface area contributed by atoms with Crippen molar-refractivity contribution in [2.45, 2.75) is 76.5 Å². The van der Waals surface area contributed by atoms with Crippen LogP contribution in [0, 0.1) is 5.92 Å². The number of hydroxylamine groups is 1. The Hall–Kier alpha value is -2.03. The summed E-state index contributed by atoms with van der Waals surface area (Å²) in [5.41, 5.74) is 2.64. The molecule has 8 heteroatoms. The van der Waals surface area contributed by atoms with Crippen LogP contribution in [0.1, 0.15) is 69.8 Å². The molecule has 3 heterocycles. The molecule has 2 atom stereocenters. The van der Waals surface area contributed by atoms with Gasteiger partial charge in [-0.3, -0.25) is 4.79 Å². The molecule has 33 heavy (non-hydrogen) atoms. The second kappa shape index (κ2) is 12.4. The minimum absolute atomic E-state index is 0.373. The van der Waals surface area contributed by atoms with E-state index < -0.39 is 18.0 Å². The molecule has 182 valence electrons. The van der Waals surface area contributed by atoms with Crippen LogP contribution in [0.15, 0.2) is 24.2 Å². The molecule has 1 aliphatic carbocycles. The third kappa shape index (κ3) is 7.76. The number of likely N-dealkylation sites (tertiary alicyclic amines) is 1. The van der Waals surface area contributed by atoms with Crippen LogP contribution in [-0.4, -0.2) is 54.4 Å². The van der Waals surface area contributed by atoms with Crippen molar-refractivity contribution in [1.82, 2.24) is 15.4 Å². The largest absolute Gasteiger partial charge is 0.366 e. The monoisotopic (exact) mass is 460 g/mol. The molecule has 0 bridgehead atoms. The van der Waals surface area contributed by atoms with Crippen LogP contribution in [-0.2, 0) is 14.4 Å². The molecule has 1 aromatic rings. The first-order valence-corrected chi connectivity index (χ1v) is 12.6. The lowest BCUT2D eigenvalue weighted by Crippen LogP contribution is -2.44. The van der Waals surface area contributed by atoms with Crippen molar-refractivity contribution in [3.63, 3.8) is 0 Å². The van der Waals surface area contributed by atoms with Crippen LogP contribution in [0.5, 0.6) is 0 Å². The van der Waals surface area contributed by atoms with Crippen molar-refractivity contribution in [2.75, 3.05) is 31.6 Å². The number of halogens is 1. The zero-order valence-electron chi connectivity index (χ0n) is 19.4. The number of carbonyl (C=O) groups excluding carboxylic acids is 1. The average molecular weight is 461 g/mol. The van der Waals surface area contributed by atoms with E-state index in [0.717, 1.165) is 43.6 Å². The second-order valence-electron chi connectivity index (χ2n) is 9.56. The number of aromatic nitrogens is 1. The van der Waals surface area contributed by atoms with Gasteiger partial charge in [0, 0.05) is 38.4 Å². The number of pyridine rings is 1. The van der Waals surface area contributed by atoms with Crippen LogP contribution in [0.25, 0.3) is 6.08 Å². The van der Waals surface area contributed by atoms with E-state index in [9.17, 15) is 9.18 Å². The summed E-state index contributed by atoms with van der Waals surface area (Å²) in [5, 5.41) is 3.53. The molecule has 2 aliphatic heterocycles. The lowest BCUT2D eigenvalue weighted by Gasteiger charge is -2.36. The van der Waals surface area contributed by atoms with Crippen molar-refractivity contribution < 1.29 is 18.8 Å². The van der Waals surface area contributed by atoms with Crippen molar-refractivity contribution in [1.29, 1.82) is 0 Å². The molecule has 3 fully saturated rings. The third-order valence-corrected chi connectivity index (χ3v) is 6.82. The van der Waals surface area contributed by atoms with Gasteiger partial charge in [-0.05, 0) is 74.8 Å². The molecule has 4 rings (SSSR count). The fourth-order valence-electron chi connectivity index (χ4n) is 5.04. The normalized spacial score (nSPS) is 25.5. The van der Waals surface area contributed by atoms with Gasteiger partial charge < -0.3 is 15.0 Å². The Balaban J connectivity index is 1.23. The quantitative estimate of drug-likeness (QED) is 0.442. The number of hydrogen-bond donors (Lipinski definition) is 2. The van der Waals surface area contributed by atoms with Gasteiger partial charge in [-0.15, -0.1) is 0 Å². The number of amides is 1. The first-order chi connectivity index (χ1) is 16.2. The Labute approximate surface area is 196 Å². The van der Waals surface area contributed by atoms with Crippen molar-refractivity contribution >= 4 is 17.8 Å². The van der Waals surface area contributed by atoms with E-state index in [1.165, 1.54) is 51.6 Å². The van der Waals surface area contributed by atoms with Gasteiger partial charge in [-0.2, -0.15) is 0 Å². The van der Waals surface area contributed by atoms with E-state index in [1.807, 2.05) is 6.07 Å². The van der Waals surface area contributed by atoms with Crippen molar-refractivity contribution in [2.24, 2.45) is 5.92 Å². The van der Waals surface area contributed by atoms with Crippen LogP contribution in [0.4, 0.5) is 10.2 Å². The van der Waals surface area contributed by atoms with Crippen LogP contribution < -0.4 is 10.8 Å². The van der Waals surface area contributed by atoms with E-state index in [1.54, 1.807) is 12.3 Å². The molecule has 1 aromatic heterocycles. The third-order valence-electron chi connectivity index (χ3n) is 6.82. The summed E-state index contributed by atoms with van der Waals surface area (Å²) < 4.78 is 19.6. The first kappa shape index (κ1) is 24.1. The standard InChI is InChI=1S/C25H37FN4O3/c26-22(25(31)29-33-24-10-4-5-14-32-24)15-20-11-12-23(27-16-20)28-21-9-6-13-30(18-21)17-19-7-2-1-3-8-19/h11-12,15-16,19,21,24H,1-10,13-14,17-18H2,(H,27,28)(H,29,31)/b22-15+/t21-,24?/m1/s1. The highest BCUT2D eigenvalue weighted by atomic mass is 19.1. The average Bonchev–Trinajstić information content (AvgIpc) is 2.85. The number of carbonyl (C=O) groups is 1. The Morgan fingerprint density at radius 3 is 2.76 bits per heavy atom. The summed E-state index contributed by atoms with van der Waals surface area (Å²) in [6.07, 6.45) is 14.1. The SMILES string of the molecule is O=C(NOC1CCCCO1)/C(F)=C\c1ccc(N[C@@H]2CCCN(CC3CCCCC3)C2)nc1. The minimum Gasteiger partial charge on any atom is -0.366 e. The van der Waals surface area contributed by atoms with E-state index in [-0.39, 0.29) is 0 Å². The fourth-order valence-corrected chi connectivity index (χ4v) is 5.04. The maximum absolute atomic E-state index is 14.2. The van der Waals surface area contributed by atoms with E-state index in [0.29, 0.717) is 24.6 Å². The molecule has 1 saturated carbocycles. The van der Waals surface area contributed by atoms with E-state index in [2.05, 4.69) is 20.7 Å². The molecule has 1 unspecified atom stereocenters. The summed E-state index contributed by atoms with van der Waals surface area (Å²) in [7, 11) is 0. The second-order valence-corrected chi connectivity index (χ2v) is 9.56. The molecule has 3 aliphatic rings. The number of hydrogen-bond acceptors (Lipinski definition) is 6. The van der Waals surface area contributed by atoms with Gasteiger partial charge in [-0.1, -0.05) is 19.3 Å². The summed E-state index contributed by atoms with van der Waals surface area (Å²) in [6, 6.07) is 3.97. The smallest absolute Gasteiger partial charge is 0.303 e. The Kier molecular flexibility index (Phi) is 9.09. The summed E-state index contributed by atoms with van der Waals surface area (Å²) in [4.78, 5) is 24.1. The molecule has 2 N–H and O–H groups in total. The van der Waals surface area contributed by atoms with Crippen LogP contribution >= 0.6 is 0 Å². The lowest BCUT2D eigenvalue weighted by molar-refractivity contribution is -0.199. The van der Waals surface area contributed by atoms with Crippen molar-refractivity contribution in [3.05, 3.63) is 29.7 Å². The van der Waals surface area contributed by atoms with Gasteiger partial charge in [0.2, 0.25) is 0 Å². The molecule has 2 saturated heterocycles. The fraction of sp³-hybridized carbons (Fsp3) is 0.680. The molecular weight excluding hydrogens is 423 g/mol. The molecule has 7 nitrogen and oxygen atoms in total. The Morgan fingerprint density at radius 2 is 2.00 bits per heavy atom. The van der Waals surface area contributed by atoms with Crippen LogP contribution in [0.2, 0.25) is 0 Å².